The molecule has 148 valence electrons. The SMILES string of the molecule is O=C(NCc1cccs1)c1nn2c(c1Br)NC(c1cccs1)CC2C(F)(F)F. The first-order chi connectivity index (χ1) is 13.3. The van der Waals surface area contributed by atoms with Gasteiger partial charge in [-0.1, -0.05) is 12.1 Å². The third-order valence-electron chi connectivity index (χ3n) is 4.40. The zero-order chi connectivity index (χ0) is 19.9. The van der Waals surface area contributed by atoms with Crippen molar-refractivity contribution >= 4 is 50.3 Å². The smallest absolute Gasteiger partial charge is 0.362 e. The molecule has 0 bridgehead atoms. The lowest BCUT2D eigenvalue weighted by Crippen LogP contribution is -2.35. The van der Waals surface area contributed by atoms with Crippen molar-refractivity contribution < 1.29 is 18.0 Å². The number of aromatic nitrogens is 2. The largest absolute Gasteiger partial charge is 0.410 e. The number of amides is 1. The van der Waals surface area contributed by atoms with Gasteiger partial charge in [-0.15, -0.1) is 22.7 Å². The maximum absolute atomic E-state index is 13.7. The first kappa shape index (κ1) is 19.5. The summed E-state index contributed by atoms with van der Waals surface area (Å²) >= 11 is 6.14. The van der Waals surface area contributed by atoms with Crippen LogP contribution in [0.4, 0.5) is 19.0 Å². The van der Waals surface area contributed by atoms with Crippen LogP contribution in [0.3, 0.4) is 0 Å². The van der Waals surface area contributed by atoms with E-state index in [1.165, 1.54) is 22.7 Å². The third kappa shape index (κ3) is 3.70. The number of carbonyl (C=O) groups excluding carboxylic acids is 1. The van der Waals surface area contributed by atoms with E-state index in [1.807, 2.05) is 22.9 Å². The molecule has 1 aliphatic rings. The van der Waals surface area contributed by atoms with Crippen molar-refractivity contribution in [3.8, 4) is 0 Å². The molecule has 0 radical (unpaired) electrons. The van der Waals surface area contributed by atoms with Crippen LogP contribution in [0.2, 0.25) is 0 Å². The number of anilines is 1. The number of hydrogen-bond donors (Lipinski definition) is 2. The second-order valence-corrected chi connectivity index (χ2v) is 9.03. The van der Waals surface area contributed by atoms with Crippen LogP contribution in [0.15, 0.2) is 39.5 Å². The Morgan fingerprint density at radius 3 is 2.71 bits per heavy atom. The second kappa shape index (κ2) is 7.53. The van der Waals surface area contributed by atoms with E-state index in [1.54, 1.807) is 12.1 Å². The number of thiophene rings is 2. The minimum atomic E-state index is -4.48. The number of halogens is 4. The molecule has 4 heterocycles. The third-order valence-corrected chi connectivity index (χ3v) is 7.01. The van der Waals surface area contributed by atoms with Gasteiger partial charge in [-0.05, 0) is 38.8 Å². The number of nitrogens with one attached hydrogen (secondary N) is 2. The Labute approximate surface area is 174 Å². The summed E-state index contributed by atoms with van der Waals surface area (Å²) in [4.78, 5) is 14.3. The van der Waals surface area contributed by atoms with Gasteiger partial charge in [0.05, 0.1) is 17.1 Å². The molecule has 1 amide bonds. The molecule has 0 spiro atoms. The van der Waals surface area contributed by atoms with Gasteiger partial charge in [0.2, 0.25) is 0 Å². The number of carbonyl (C=O) groups is 1. The highest BCUT2D eigenvalue weighted by atomic mass is 79.9. The van der Waals surface area contributed by atoms with Crippen molar-refractivity contribution in [3.05, 3.63) is 54.9 Å². The summed E-state index contributed by atoms with van der Waals surface area (Å²) < 4.78 is 42.2. The molecule has 0 fully saturated rings. The molecular formula is C17H14BrF3N4OS2. The van der Waals surface area contributed by atoms with Gasteiger partial charge >= 0.3 is 6.18 Å². The molecular weight excluding hydrogens is 477 g/mol. The van der Waals surface area contributed by atoms with E-state index in [2.05, 4.69) is 31.7 Å². The molecule has 5 nitrogen and oxygen atoms in total. The molecule has 3 aromatic heterocycles. The first-order valence-corrected chi connectivity index (χ1v) is 10.8. The summed E-state index contributed by atoms with van der Waals surface area (Å²) in [7, 11) is 0. The number of alkyl halides is 3. The van der Waals surface area contributed by atoms with Gasteiger partial charge in [0, 0.05) is 16.2 Å². The maximum Gasteiger partial charge on any atom is 0.410 e. The molecule has 28 heavy (non-hydrogen) atoms. The Balaban J connectivity index is 1.65. The van der Waals surface area contributed by atoms with E-state index in [0.29, 0.717) is 6.54 Å². The van der Waals surface area contributed by atoms with Crippen LogP contribution in [0.1, 0.15) is 38.7 Å². The lowest BCUT2D eigenvalue weighted by atomic mass is 10.0. The fraction of sp³-hybridized carbons (Fsp3) is 0.294. The average molecular weight is 491 g/mol. The highest BCUT2D eigenvalue weighted by Gasteiger charge is 2.47. The van der Waals surface area contributed by atoms with Crippen LogP contribution >= 0.6 is 38.6 Å². The van der Waals surface area contributed by atoms with Gasteiger partial charge < -0.3 is 10.6 Å². The zero-order valence-corrected chi connectivity index (χ0v) is 17.4. The molecule has 0 aromatic carbocycles. The lowest BCUT2D eigenvalue weighted by Gasteiger charge is -2.33. The minimum Gasteiger partial charge on any atom is -0.362 e. The van der Waals surface area contributed by atoms with Crippen LogP contribution in [0.25, 0.3) is 0 Å². The fourth-order valence-electron chi connectivity index (χ4n) is 3.07. The van der Waals surface area contributed by atoms with Gasteiger partial charge in [0.15, 0.2) is 11.7 Å². The predicted molar refractivity (Wildman–Crippen MR) is 106 cm³/mol. The maximum atomic E-state index is 13.7. The van der Waals surface area contributed by atoms with Crippen molar-refractivity contribution in [1.82, 2.24) is 15.1 Å². The summed E-state index contributed by atoms with van der Waals surface area (Å²) in [5, 5.41) is 13.5. The summed E-state index contributed by atoms with van der Waals surface area (Å²) in [6.07, 6.45) is -4.68. The molecule has 4 rings (SSSR count). The first-order valence-electron chi connectivity index (χ1n) is 8.30. The molecule has 0 aliphatic carbocycles. The summed E-state index contributed by atoms with van der Waals surface area (Å²) in [5.74, 6) is -0.370. The van der Waals surface area contributed by atoms with E-state index in [9.17, 15) is 18.0 Å². The van der Waals surface area contributed by atoms with Gasteiger partial charge in [0.25, 0.3) is 5.91 Å². The Kier molecular flexibility index (Phi) is 5.23. The van der Waals surface area contributed by atoms with E-state index >= 15 is 0 Å². The summed E-state index contributed by atoms with van der Waals surface area (Å²) in [6.45, 7) is 0.291. The predicted octanol–water partition coefficient (Wildman–Crippen LogP) is 5.36. The molecule has 2 N–H and O–H groups in total. The Morgan fingerprint density at radius 2 is 2.07 bits per heavy atom. The monoisotopic (exact) mass is 490 g/mol. The number of nitrogens with zero attached hydrogens (tertiary/aromatic N) is 2. The van der Waals surface area contributed by atoms with E-state index in [4.69, 9.17) is 0 Å². The van der Waals surface area contributed by atoms with Crippen molar-refractivity contribution in [1.29, 1.82) is 0 Å². The Morgan fingerprint density at radius 1 is 1.32 bits per heavy atom. The highest BCUT2D eigenvalue weighted by Crippen LogP contribution is 2.46. The van der Waals surface area contributed by atoms with Crippen molar-refractivity contribution in [2.45, 2.75) is 31.2 Å². The lowest BCUT2D eigenvalue weighted by molar-refractivity contribution is -0.173. The Bertz CT molecular complexity index is 970. The summed E-state index contributed by atoms with van der Waals surface area (Å²) in [6, 6.07) is 5.00. The number of fused-ring (bicyclic) bond motifs is 1. The number of hydrogen-bond acceptors (Lipinski definition) is 5. The highest BCUT2D eigenvalue weighted by molar-refractivity contribution is 9.10. The van der Waals surface area contributed by atoms with Crippen LogP contribution in [0.5, 0.6) is 0 Å². The fourth-order valence-corrected chi connectivity index (χ4v) is 5.07. The normalized spacial score (nSPS) is 19.1. The molecule has 2 atom stereocenters. The van der Waals surface area contributed by atoms with E-state index < -0.39 is 24.2 Å². The van der Waals surface area contributed by atoms with Crippen LogP contribution in [-0.4, -0.2) is 21.9 Å². The van der Waals surface area contributed by atoms with Crippen molar-refractivity contribution in [2.24, 2.45) is 0 Å². The second-order valence-electron chi connectivity index (χ2n) is 6.22. The van der Waals surface area contributed by atoms with Crippen LogP contribution in [-0.2, 0) is 6.54 Å². The van der Waals surface area contributed by atoms with Gasteiger partial charge in [-0.3, -0.25) is 4.79 Å². The molecule has 0 saturated carbocycles. The van der Waals surface area contributed by atoms with Crippen molar-refractivity contribution in [2.75, 3.05) is 5.32 Å². The van der Waals surface area contributed by atoms with Crippen LogP contribution in [0, 0.1) is 0 Å². The average Bonchev–Trinajstić information content (AvgIpc) is 3.40. The van der Waals surface area contributed by atoms with Gasteiger partial charge in [-0.2, -0.15) is 18.3 Å². The molecule has 11 heteroatoms. The van der Waals surface area contributed by atoms with E-state index in [0.717, 1.165) is 14.4 Å². The number of rotatable bonds is 4. The standard InChI is InChI=1S/C17H14BrF3N4OS2/c18-13-14(16(26)22-8-9-3-1-5-27-9)24-25-12(17(19,20)21)7-10(23-15(13)25)11-4-2-6-28-11/h1-6,10,12,23H,7-8H2,(H,22,26). The minimum absolute atomic E-state index is 0.0693. The zero-order valence-electron chi connectivity index (χ0n) is 14.2. The molecule has 1 aliphatic heterocycles. The molecule has 2 unspecified atom stereocenters. The Hall–Kier alpha value is -1.85. The molecule has 3 aromatic rings. The van der Waals surface area contributed by atoms with E-state index in [-0.39, 0.29) is 22.4 Å². The van der Waals surface area contributed by atoms with Gasteiger partial charge in [0.1, 0.15) is 5.82 Å². The van der Waals surface area contributed by atoms with Gasteiger partial charge in [-0.25, -0.2) is 4.68 Å². The topological polar surface area (TPSA) is 59.0 Å². The summed E-state index contributed by atoms with van der Waals surface area (Å²) in [5.41, 5.74) is -0.0693. The quantitative estimate of drug-likeness (QED) is 0.517. The van der Waals surface area contributed by atoms with Crippen molar-refractivity contribution in [3.63, 3.8) is 0 Å². The van der Waals surface area contributed by atoms with Crippen LogP contribution < -0.4 is 10.6 Å². The molecule has 0 saturated heterocycles.